The molecule has 1 amide bonds. The van der Waals surface area contributed by atoms with E-state index < -0.39 is 0 Å². The largest absolute Gasteiger partial charge is 0.379 e. The quantitative estimate of drug-likeness (QED) is 0.854. The van der Waals surface area contributed by atoms with Gasteiger partial charge in [0.25, 0.3) is 5.91 Å². The average Bonchev–Trinajstić information content (AvgIpc) is 3.20. The van der Waals surface area contributed by atoms with Gasteiger partial charge in [-0.1, -0.05) is 17.3 Å². The van der Waals surface area contributed by atoms with Gasteiger partial charge in [0.1, 0.15) is 5.82 Å². The molecule has 1 aromatic heterocycles. The number of hydrogen-bond donors (Lipinski definition) is 1. The van der Waals surface area contributed by atoms with Crippen LogP contribution in [0, 0.1) is 5.82 Å². The van der Waals surface area contributed by atoms with E-state index in [2.05, 4.69) is 15.4 Å². The van der Waals surface area contributed by atoms with Crippen LogP contribution >= 0.6 is 0 Å². The summed E-state index contributed by atoms with van der Waals surface area (Å²) in [5.41, 5.74) is 1.83. The molecule has 0 aliphatic carbocycles. The number of carbonyl (C=O) groups excluding carboxylic acids is 1. The van der Waals surface area contributed by atoms with Crippen molar-refractivity contribution in [2.75, 3.05) is 26.3 Å². The third kappa shape index (κ3) is 4.77. The number of ether oxygens (including phenoxy) is 1. The maximum atomic E-state index is 13.3. The highest BCUT2D eigenvalue weighted by atomic mass is 19.1. The van der Waals surface area contributed by atoms with Crippen molar-refractivity contribution in [1.29, 1.82) is 0 Å². The molecule has 2 aromatic rings. The number of nitrogens with one attached hydrogen (secondary N) is 1. The molecule has 0 bridgehead atoms. The average molecular weight is 387 g/mol. The van der Waals surface area contributed by atoms with Crippen molar-refractivity contribution in [2.24, 2.45) is 0 Å². The number of likely N-dealkylation sites (tertiary alicyclic amines) is 1. The summed E-state index contributed by atoms with van der Waals surface area (Å²) in [4.78, 5) is 14.7. The van der Waals surface area contributed by atoms with E-state index in [1.165, 1.54) is 6.07 Å². The van der Waals surface area contributed by atoms with Gasteiger partial charge in [0.2, 0.25) is 5.76 Å². The lowest BCUT2D eigenvalue weighted by atomic mass is 9.93. The van der Waals surface area contributed by atoms with Crippen molar-refractivity contribution in [3.05, 3.63) is 53.2 Å². The lowest BCUT2D eigenvalue weighted by Crippen LogP contribution is -2.40. The minimum Gasteiger partial charge on any atom is -0.379 e. The van der Waals surface area contributed by atoms with Crippen LogP contribution in [0.1, 0.15) is 53.4 Å². The molecule has 4 rings (SSSR count). The van der Waals surface area contributed by atoms with Crippen LogP contribution in [0.25, 0.3) is 0 Å². The molecule has 0 unspecified atom stereocenters. The lowest BCUT2D eigenvalue weighted by Gasteiger charge is -2.31. The van der Waals surface area contributed by atoms with Crippen molar-refractivity contribution in [3.63, 3.8) is 0 Å². The Balaban J connectivity index is 1.28. The summed E-state index contributed by atoms with van der Waals surface area (Å²) in [6.07, 6.45) is 3.77. The number of hydrogen-bond acceptors (Lipinski definition) is 5. The van der Waals surface area contributed by atoms with E-state index in [0.717, 1.165) is 63.2 Å². The molecule has 0 spiro atoms. The van der Waals surface area contributed by atoms with E-state index in [-0.39, 0.29) is 29.4 Å². The highest BCUT2D eigenvalue weighted by Gasteiger charge is 2.26. The second-order valence-electron chi connectivity index (χ2n) is 7.68. The molecule has 0 radical (unpaired) electrons. The van der Waals surface area contributed by atoms with Crippen LogP contribution in [-0.2, 0) is 11.3 Å². The number of nitrogens with zero attached hydrogens (tertiary/aromatic N) is 2. The smallest absolute Gasteiger partial charge is 0.290 e. The molecule has 1 atom stereocenters. The molecule has 2 aliphatic heterocycles. The minimum absolute atomic E-state index is 0.0425. The van der Waals surface area contributed by atoms with E-state index in [0.29, 0.717) is 6.61 Å². The van der Waals surface area contributed by atoms with Gasteiger partial charge in [0.05, 0.1) is 18.3 Å². The van der Waals surface area contributed by atoms with Gasteiger partial charge >= 0.3 is 0 Å². The zero-order valence-electron chi connectivity index (χ0n) is 15.9. The van der Waals surface area contributed by atoms with Gasteiger partial charge in [0, 0.05) is 25.1 Å². The second-order valence-corrected chi connectivity index (χ2v) is 7.68. The SMILES string of the molecule is O=C(N[C@H]1CCCOC1)c1cc(C2CCN(Cc3cccc(F)c3)CC2)no1. The third-order valence-corrected chi connectivity index (χ3v) is 5.55. The maximum Gasteiger partial charge on any atom is 0.290 e. The van der Waals surface area contributed by atoms with E-state index >= 15 is 0 Å². The summed E-state index contributed by atoms with van der Waals surface area (Å²) < 4.78 is 24.0. The number of carbonyl (C=O) groups is 1. The summed E-state index contributed by atoms with van der Waals surface area (Å²) in [6.45, 7) is 3.89. The maximum absolute atomic E-state index is 13.3. The number of halogens is 1. The van der Waals surface area contributed by atoms with Gasteiger partial charge in [0.15, 0.2) is 0 Å². The Hall–Kier alpha value is -2.25. The van der Waals surface area contributed by atoms with Gasteiger partial charge in [-0.25, -0.2) is 4.39 Å². The monoisotopic (exact) mass is 387 g/mol. The van der Waals surface area contributed by atoms with Crippen LogP contribution < -0.4 is 5.32 Å². The third-order valence-electron chi connectivity index (χ3n) is 5.55. The molecule has 2 saturated heterocycles. The first kappa shape index (κ1) is 19.1. The fourth-order valence-corrected chi connectivity index (χ4v) is 3.98. The molecule has 0 saturated carbocycles. The van der Waals surface area contributed by atoms with Crippen molar-refractivity contribution in [1.82, 2.24) is 15.4 Å². The van der Waals surface area contributed by atoms with Crippen LogP contribution in [0.5, 0.6) is 0 Å². The number of rotatable bonds is 5. The predicted octanol–water partition coefficient (Wildman–Crippen LogP) is 3.10. The standard InChI is InChI=1S/C21H26FN3O3/c22-17-4-1-3-15(11-17)13-25-8-6-16(7-9-25)19-12-20(28-24-19)21(26)23-18-5-2-10-27-14-18/h1,3-4,11-12,16,18H,2,5-10,13-14H2,(H,23,26)/t18-/m0/s1. The summed E-state index contributed by atoms with van der Waals surface area (Å²) >= 11 is 0. The highest BCUT2D eigenvalue weighted by Crippen LogP contribution is 2.28. The van der Waals surface area contributed by atoms with Crippen LogP contribution in [-0.4, -0.2) is 48.3 Å². The summed E-state index contributed by atoms with van der Waals surface area (Å²) in [5.74, 6) is 0.133. The molecular formula is C21H26FN3O3. The van der Waals surface area contributed by atoms with Gasteiger partial charge in [-0.05, 0) is 56.5 Å². The summed E-state index contributed by atoms with van der Waals surface area (Å²) in [6, 6.07) is 8.57. The Bertz CT molecular complexity index is 796. The van der Waals surface area contributed by atoms with Crippen LogP contribution in [0.3, 0.4) is 0 Å². The first-order valence-corrected chi connectivity index (χ1v) is 9.99. The van der Waals surface area contributed by atoms with Crippen molar-refractivity contribution >= 4 is 5.91 Å². The first-order valence-electron chi connectivity index (χ1n) is 9.99. The molecule has 1 N–H and O–H groups in total. The Labute approximate surface area is 164 Å². The fraction of sp³-hybridized carbons (Fsp3) is 0.524. The normalized spacial score (nSPS) is 21.5. The minimum atomic E-state index is -0.224. The molecule has 7 heteroatoms. The van der Waals surface area contributed by atoms with Gasteiger partial charge in [-0.3, -0.25) is 9.69 Å². The van der Waals surface area contributed by atoms with E-state index in [1.54, 1.807) is 18.2 Å². The van der Waals surface area contributed by atoms with E-state index in [1.807, 2.05) is 6.07 Å². The predicted molar refractivity (Wildman–Crippen MR) is 101 cm³/mol. The van der Waals surface area contributed by atoms with Gasteiger partial charge in [-0.15, -0.1) is 0 Å². The van der Waals surface area contributed by atoms with Crippen molar-refractivity contribution in [2.45, 2.75) is 44.2 Å². The highest BCUT2D eigenvalue weighted by molar-refractivity contribution is 5.91. The summed E-state index contributed by atoms with van der Waals surface area (Å²) in [5, 5.41) is 7.09. The second kappa shape index (κ2) is 8.84. The Morgan fingerprint density at radius 3 is 2.86 bits per heavy atom. The topological polar surface area (TPSA) is 67.6 Å². The number of piperidine rings is 1. The van der Waals surface area contributed by atoms with E-state index in [9.17, 15) is 9.18 Å². The molecule has 2 fully saturated rings. The molecule has 28 heavy (non-hydrogen) atoms. The first-order chi connectivity index (χ1) is 13.7. The molecule has 1 aromatic carbocycles. The summed E-state index contributed by atoms with van der Waals surface area (Å²) in [7, 11) is 0. The molecular weight excluding hydrogens is 361 g/mol. The van der Waals surface area contributed by atoms with E-state index in [4.69, 9.17) is 9.26 Å². The van der Waals surface area contributed by atoms with Crippen LogP contribution in [0.2, 0.25) is 0 Å². The lowest BCUT2D eigenvalue weighted by molar-refractivity contribution is 0.0608. The Morgan fingerprint density at radius 2 is 2.11 bits per heavy atom. The molecule has 150 valence electrons. The van der Waals surface area contributed by atoms with Gasteiger partial charge in [-0.2, -0.15) is 0 Å². The zero-order valence-corrected chi connectivity index (χ0v) is 15.9. The van der Waals surface area contributed by atoms with Crippen molar-refractivity contribution < 1.29 is 18.4 Å². The number of aromatic nitrogens is 1. The fourth-order valence-electron chi connectivity index (χ4n) is 3.98. The molecule has 6 nitrogen and oxygen atoms in total. The number of amides is 1. The van der Waals surface area contributed by atoms with Crippen molar-refractivity contribution in [3.8, 4) is 0 Å². The Kier molecular flexibility index (Phi) is 6.02. The zero-order chi connectivity index (χ0) is 19.3. The Morgan fingerprint density at radius 1 is 1.25 bits per heavy atom. The number of benzene rings is 1. The van der Waals surface area contributed by atoms with Gasteiger partial charge < -0.3 is 14.6 Å². The molecule has 3 heterocycles. The molecule has 2 aliphatic rings. The van der Waals surface area contributed by atoms with Crippen LogP contribution in [0.4, 0.5) is 4.39 Å². The van der Waals surface area contributed by atoms with Crippen LogP contribution in [0.15, 0.2) is 34.9 Å².